The second-order valence-electron chi connectivity index (χ2n) is 6.36. The SMILES string of the molecule is CNC(CN1CCN(c2cccc(C)c2)CC1)C1CC1. The van der Waals surface area contributed by atoms with Crippen molar-refractivity contribution in [1.29, 1.82) is 0 Å². The minimum absolute atomic E-state index is 0.709. The summed E-state index contributed by atoms with van der Waals surface area (Å²) >= 11 is 0. The van der Waals surface area contributed by atoms with Crippen LogP contribution in [-0.4, -0.2) is 50.7 Å². The number of likely N-dealkylation sites (N-methyl/N-ethyl adjacent to an activating group) is 1. The third-order valence-electron chi connectivity index (χ3n) is 4.76. The summed E-state index contributed by atoms with van der Waals surface area (Å²) in [5.74, 6) is 0.940. The fraction of sp³-hybridized carbons (Fsp3) is 0.647. The molecule has 1 aliphatic carbocycles. The Morgan fingerprint density at radius 3 is 2.55 bits per heavy atom. The van der Waals surface area contributed by atoms with E-state index in [0.29, 0.717) is 6.04 Å². The number of nitrogens with zero attached hydrogens (tertiary/aromatic N) is 2. The van der Waals surface area contributed by atoms with Crippen LogP contribution in [0, 0.1) is 12.8 Å². The van der Waals surface area contributed by atoms with Crippen LogP contribution in [0.4, 0.5) is 5.69 Å². The molecule has 0 amide bonds. The first-order valence-electron chi connectivity index (χ1n) is 7.97. The van der Waals surface area contributed by atoms with Crippen molar-refractivity contribution in [3.8, 4) is 0 Å². The number of piperazine rings is 1. The van der Waals surface area contributed by atoms with Crippen LogP contribution in [0.3, 0.4) is 0 Å². The summed E-state index contributed by atoms with van der Waals surface area (Å²) in [4.78, 5) is 5.15. The quantitative estimate of drug-likeness (QED) is 0.886. The predicted molar refractivity (Wildman–Crippen MR) is 85.4 cm³/mol. The molecule has 0 bridgehead atoms. The fourth-order valence-electron chi connectivity index (χ4n) is 3.27. The van der Waals surface area contributed by atoms with E-state index in [4.69, 9.17) is 0 Å². The van der Waals surface area contributed by atoms with Gasteiger partial charge in [-0.25, -0.2) is 0 Å². The molecule has 1 aromatic carbocycles. The molecule has 0 spiro atoms. The van der Waals surface area contributed by atoms with Gasteiger partial charge in [-0.3, -0.25) is 4.90 Å². The van der Waals surface area contributed by atoms with Crippen molar-refractivity contribution in [1.82, 2.24) is 10.2 Å². The van der Waals surface area contributed by atoms with E-state index in [1.54, 1.807) is 0 Å². The second kappa shape index (κ2) is 6.15. The highest BCUT2D eigenvalue weighted by Gasteiger charge is 2.31. The maximum atomic E-state index is 3.51. The van der Waals surface area contributed by atoms with Gasteiger partial charge in [-0.2, -0.15) is 0 Å². The van der Waals surface area contributed by atoms with Crippen LogP contribution in [-0.2, 0) is 0 Å². The fourth-order valence-corrected chi connectivity index (χ4v) is 3.27. The van der Waals surface area contributed by atoms with E-state index < -0.39 is 0 Å². The van der Waals surface area contributed by atoms with Gasteiger partial charge in [-0.1, -0.05) is 12.1 Å². The van der Waals surface area contributed by atoms with Crippen molar-refractivity contribution in [3.05, 3.63) is 29.8 Å². The molecule has 1 atom stereocenters. The van der Waals surface area contributed by atoms with Crippen molar-refractivity contribution in [2.75, 3.05) is 44.7 Å². The summed E-state index contributed by atoms with van der Waals surface area (Å²) in [6.45, 7) is 8.10. The van der Waals surface area contributed by atoms with Gasteiger partial charge in [0.05, 0.1) is 0 Å². The van der Waals surface area contributed by atoms with Crippen LogP contribution >= 0.6 is 0 Å². The van der Waals surface area contributed by atoms with Crippen LogP contribution in [0.5, 0.6) is 0 Å². The molecule has 3 nitrogen and oxygen atoms in total. The molecule has 0 aromatic heterocycles. The Balaban J connectivity index is 1.51. The van der Waals surface area contributed by atoms with Gasteiger partial charge in [-0.15, -0.1) is 0 Å². The third kappa shape index (κ3) is 3.33. The standard InChI is InChI=1S/C17H27N3/c1-14-4-3-5-16(12-14)20-10-8-19(9-11-20)13-17(18-2)15-6-7-15/h3-5,12,15,17-18H,6-11,13H2,1-2H3. The Hall–Kier alpha value is -1.06. The van der Waals surface area contributed by atoms with Crippen LogP contribution < -0.4 is 10.2 Å². The smallest absolute Gasteiger partial charge is 0.0369 e. The molecule has 2 fully saturated rings. The van der Waals surface area contributed by atoms with Crippen molar-refractivity contribution < 1.29 is 0 Å². The number of anilines is 1. The summed E-state index contributed by atoms with van der Waals surface area (Å²) in [7, 11) is 2.12. The number of hydrogen-bond acceptors (Lipinski definition) is 3. The number of rotatable bonds is 5. The Kier molecular flexibility index (Phi) is 4.27. The van der Waals surface area contributed by atoms with Crippen molar-refractivity contribution in [2.24, 2.45) is 5.92 Å². The summed E-state index contributed by atoms with van der Waals surface area (Å²) in [5, 5.41) is 3.51. The number of aryl methyl sites for hydroxylation is 1. The van der Waals surface area contributed by atoms with Gasteiger partial charge in [0.25, 0.3) is 0 Å². The van der Waals surface area contributed by atoms with E-state index >= 15 is 0 Å². The highest BCUT2D eigenvalue weighted by Crippen LogP contribution is 2.33. The highest BCUT2D eigenvalue weighted by atomic mass is 15.3. The first kappa shape index (κ1) is 13.9. The molecule has 1 aliphatic heterocycles. The molecule has 1 unspecified atom stereocenters. The van der Waals surface area contributed by atoms with Gasteiger partial charge in [0.15, 0.2) is 0 Å². The Labute approximate surface area is 123 Å². The molecule has 20 heavy (non-hydrogen) atoms. The Morgan fingerprint density at radius 2 is 1.95 bits per heavy atom. The summed E-state index contributed by atoms with van der Waals surface area (Å²) < 4.78 is 0. The van der Waals surface area contributed by atoms with Crippen LogP contribution in [0.15, 0.2) is 24.3 Å². The Bertz CT molecular complexity index is 434. The molecule has 3 heteroatoms. The largest absolute Gasteiger partial charge is 0.369 e. The average Bonchev–Trinajstić information content (AvgIpc) is 3.30. The maximum Gasteiger partial charge on any atom is 0.0369 e. The van der Waals surface area contributed by atoms with E-state index in [-0.39, 0.29) is 0 Å². The highest BCUT2D eigenvalue weighted by molar-refractivity contribution is 5.48. The van der Waals surface area contributed by atoms with Crippen LogP contribution in [0.2, 0.25) is 0 Å². The first-order valence-corrected chi connectivity index (χ1v) is 7.97. The molecule has 1 heterocycles. The lowest BCUT2D eigenvalue weighted by atomic mass is 10.1. The first-order chi connectivity index (χ1) is 9.76. The lowest BCUT2D eigenvalue weighted by Crippen LogP contribution is -2.50. The number of hydrogen-bond donors (Lipinski definition) is 1. The number of benzene rings is 1. The minimum Gasteiger partial charge on any atom is -0.369 e. The zero-order valence-corrected chi connectivity index (χ0v) is 12.8. The molecular formula is C17H27N3. The van der Waals surface area contributed by atoms with Gasteiger partial charge in [0.2, 0.25) is 0 Å². The van der Waals surface area contributed by atoms with Crippen LogP contribution in [0.25, 0.3) is 0 Å². The lowest BCUT2D eigenvalue weighted by Gasteiger charge is -2.37. The zero-order chi connectivity index (χ0) is 13.9. The molecule has 1 aromatic rings. The summed E-state index contributed by atoms with van der Waals surface area (Å²) in [6.07, 6.45) is 2.85. The van der Waals surface area contributed by atoms with E-state index in [1.165, 1.54) is 43.7 Å². The molecule has 110 valence electrons. The van der Waals surface area contributed by atoms with Crippen molar-refractivity contribution >= 4 is 5.69 Å². The Morgan fingerprint density at radius 1 is 1.20 bits per heavy atom. The van der Waals surface area contributed by atoms with Gasteiger partial charge in [0.1, 0.15) is 0 Å². The monoisotopic (exact) mass is 273 g/mol. The second-order valence-corrected chi connectivity index (χ2v) is 6.36. The van der Waals surface area contributed by atoms with Crippen molar-refractivity contribution in [3.63, 3.8) is 0 Å². The molecule has 1 saturated carbocycles. The lowest BCUT2D eigenvalue weighted by molar-refractivity contribution is 0.223. The van der Waals surface area contributed by atoms with Crippen molar-refractivity contribution in [2.45, 2.75) is 25.8 Å². The van der Waals surface area contributed by atoms with Crippen LogP contribution in [0.1, 0.15) is 18.4 Å². The predicted octanol–water partition coefficient (Wildman–Crippen LogP) is 2.12. The van der Waals surface area contributed by atoms with Gasteiger partial charge < -0.3 is 10.2 Å². The topological polar surface area (TPSA) is 18.5 Å². The van der Waals surface area contributed by atoms with E-state index in [1.807, 2.05) is 0 Å². The molecule has 3 rings (SSSR count). The summed E-state index contributed by atoms with van der Waals surface area (Å²) in [6, 6.07) is 9.59. The average molecular weight is 273 g/mol. The third-order valence-corrected chi connectivity index (χ3v) is 4.76. The molecule has 1 N–H and O–H groups in total. The molecule has 0 radical (unpaired) electrons. The van der Waals surface area contributed by atoms with Gasteiger partial charge in [-0.05, 0) is 50.4 Å². The minimum atomic E-state index is 0.709. The zero-order valence-electron chi connectivity index (χ0n) is 12.8. The van der Waals surface area contributed by atoms with E-state index in [0.717, 1.165) is 19.0 Å². The normalized spacial score (nSPS) is 22.0. The molecular weight excluding hydrogens is 246 g/mol. The number of nitrogens with one attached hydrogen (secondary N) is 1. The molecule has 1 saturated heterocycles. The van der Waals surface area contributed by atoms with E-state index in [2.05, 4.69) is 53.4 Å². The van der Waals surface area contributed by atoms with Gasteiger partial charge >= 0.3 is 0 Å². The maximum absolute atomic E-state index is 3.51. The molecule has 2 aliphatic rings. The van der Waals surface area contributed by atoms with E-state index in [9.17, 15) is 0 Å². The summed E-state index contributed by atoms with van der Waals surface area (Å²) in [5.41, 5.74) is 2.74. The van der Waals surface area contributed by atoms with Gasteiger partial charge in [0, 0.05) is 44.5 Å².